The molecule has 0 fully saturated rings. The van der Waals surface area contributed by atoms with Gasteiger partial charge >= 0.3 is 0 Å². The first kappa shape index (κ1) is 17.5. The zero-order chi connectivity index (χ0) is 16.7. The molecule has 0 radical (unpaired) electrons. The SMILES string of the molecule is COCCCNC(=O)CSc1nnc(C)n1-c1cccc(C)c1. The van der Waals surface area contributed by atoms with Crippen molar-refractivity contribution in [3.8, 4) is 5.69 Å². The number of ether oxygens (including phenoxy) is 1. The first-order valence-corrected chi connectivity index (χ1v) is 8.48. The van der Waals surface area contributed by atoms with Gasteiger partial charge in [-0.2, -0.15) is 0 Å². The molecule has 1 aromatic carbocycles. The molecule has 0 saturated carbocycles. The molecule has 0 bridgehead atoms. The molecule has 0 spiro atoms. The third kappa shape index (κ3) is 5.07. The Morgan fingerprint density at radius 3 is 2.91 bits per heavy atom. The highest BCUT2D eigenvalue weighted by Gasteiger charge is 2.13. The van der Waals surface area contributed by atoms with E-state index < -0.39 is 0 Å². The molecule has 0 aliphatic carbocycles. The number of thioether (sulfide) groups is 1. The highest BCUT2D eigenvalue weighted by Crippen LogP contribution is 2.22. The summed E-state index contributed by atoms with van der Waals surface area (Å²) in [6, 6.07) is 8.13. The minimum absolute atomic E-state index is 0.0115. The first-order valence-electron chi connectivity index (χ1n) is 7.49. The minimum Gasteiger partial charge on any atom is -0.385 e. The fourth-order valence-corrected chi connectivity index (χ4v) is 2.95. The van der Waals surface area contributed by atoms with Crippen molar-refractivity contribution >= 4 is 17.7 Å². The van der Waals surface area contributed by atoms with Gasteiger partial charge in [0, 0.05) is 25.9 Å². The maximum Gasteiger partial charge on any atom is 0.230 e. The largest absolute Gasteiger partial charge is 0.385 e. The maximum atomic E-state index is 11.9. The molecule has 0 atom stereocenters. The maximum absolute atomic E-state index is 11.9. The van der Waals surface area contributed by atoms with Crippen LogP contribution in [0.25, 0.3) is 5.69 Å². The van der Waals surface area contributed by atoms with E-state index in [4.69, 9.17) is 4.74 Å². The van der Waals surface area contributed by atoms with Crippen LogP contribution in [0.4, 0.5) is 0 Å². The van der Waals surface area contributed by atoms with Crippen LogP contribution in [0, 0.1) is 13.8 Å². The van der Waals surface area contributed by atoms with Gasteiger partial charge in [-0.25, -0.2) is 0 Å². The Hall–Kier alpha value is -1.86. The summed E-state index contributed by atoms with van der Waals surface area (Å²) >= 11 is 1.39. The summed E-state index contributed by atoms with van der Waals surface area (Å²) in [7, 11) is 1.65. The molecule has 0 saturated heterocycles. The highest BCUT2D eigenvalue weighted by atomic mass is 32.2. The van der Waals surface area contributed by atoms with E-state index in [0.29, 0.717) is 18.9 Å². The summed E-state index contributed by atoms with van der Waals surface area (Å²) in [5.74, 6) is 1.11. The molecule has 1 heterocycles. The second kappa shape index (κ2) is 8.69. The van der Waals surface area contributed by atoms with E-state index in [2.05, 4.69) is 21.6 Å². The van der Waals surface area contributed by atoms with Gasteiger partial charge in [-0.1, -0.05) is 23.9 Å². The molecule has 1 amide bonds. The molecule has 2 aromatic rings. The summed E-state index contributed by atoms with van der Waals surface area (Å²) < 4.78 is 6.92. The molecule has 1 aromatic heterocycles. The fraction of sp³-hybridized carbons (Fsp3) is 0.438. The Morgan fingerprint density at radius 1 is 1.35 bits per heavy atom. The van der Waals surface area contributed by atoms with Gasteiger partial charge in [0.2, 0.25) is 5.91 Å². The van der Waals surface area contributed by atoms with Crippen molar-refractivity contribution in [1.82, 2.24) is 20.1 Å². The molecule has 1 N–H and O–H groups in total. The van der Waals surface area contributed by atoms with Crippen LogP contribution in [0.1, 0.15) is 17.8 Å². The number of nitrogens with one attached hydrogen (secondary N) is 1. The molecule has 124 valence electrons. The van der Waals surface area contributed by atoms with Crippen molar-refractivity contribution < 1.29 is 9.53 Å². The predicted molar refractivity (Wildman–Crippen MR) is 91.1 cm³/mol. The summed E-state index contributed by atoms with van der Waals surface area (Å²) in [5, 5.41) is 11.9. The van der Waals surface area contributed by atoms with Crippen molar-refractivity contribution in [2.75, 3.05) is 26.0 Å². The average Bonchev–Trinajstić information content (AvgIpc) is 2.90. The lowest BCUT2D eigenvalue weighted by atomic mass is 10.2. The van der Waals surface area contributed by atoms with Crippen LogP contribution < -0.4 is 5.32 Å². The van der Waals surface area contributed by atoms with Gasteiger partial charge in [-0.3, -0.25) is 9.36 Å². The Labute approximate surface area is 140 Å². The van der Waals surface area contributed by atoms with Crippen LogP contribution in [-0.4, -0.2) is 46.7 Å². The molecular weight excluding hydrogens is 312 g/mol. The number of methoxy groups -OCH3 is 1. The average molecular weight is 334 g/mol. The summed E-state index contributed by atoms with van der Waals surface area (Å²) in [4.78, 5) is 11.9. The number of hydrogen-bond donors (Lipinski definition) is 1. The smallest absolute Gasteiger partial charge is 0.230 e. The Balaban J connectivity index is 1.98. The van der Waals surface area contributed by atoms with E-state index in [-0.39, 0.29) is 5.91 Å². The normalized spacial score (nSPS) is 10.7. The molecule has 23 heavy (non-hydrogen) atoms. The second-order valence-electron chi connectivity index (χ2n) is 5.19. The lowest BCUT2D eigenvalue weighted by Gasteiger charge is -2.09. The number of carbonyl (C=O) groups excluding carboxylic acids is 1. The van der Waals surface area contributed by atoms with E-state index >= 15 is 0 Å². The van der Waals surface area contributed by atoms with Crippen LogP contribution in [0.15, 0.2) is 29.4 Å². The van der Waals surface area contributed by atoms with E-state index in [1.807, 2.05) is 36.6 Å². The van der Waals surface area contributed by atoms with E-state index in [0.717, 1.165) is 23.1 Å². The number of benzene rings is 1. The quantitative estimate of drug-likeness (QED) is 0.592. The Morgan fingerprint density at radius 2 is 2.17 bits per heavy atom. The number of carbonyl (C=O) groups is 1. The number of rotatable bonds is 8. The van der Waals surface area contributed by atoms with Crippen LogP contribution in [0.3, 0.4) is 0 Å². The van der Waals surface area contributed by atoms with Gasteiger partial charge in [0.25, 0.3) is 0 Å². The second-order valence-corrected chi connectivity index (χ2v) is 6.13. The lowest BCUT2D eigenvalue weighted by molar-refractivity contribution is -0.118. The van der Waals surface area contributed by atoms with Crippen molar-refractivity contribution in [2.24, 2.45) is 0 Å². The number of hydrogen-bond acceptors (Lipinski definition) is 5. The zero-order valence-electron chi connectivity index (χ0n) is 13.7. The molecule has 2 rings (SSSR count). The van der Waals surface area contributed by atoms with Gasteiger partial charge in [0.05, 0.1) is 5.75 Å². The van der Waals surface area contributed by atoms with Gasteiger partial charge in [0.15, 0.2) is 5.16 Å². The lowest BCUT2D eigenvalue weighted by Crippen LogP contribution is -2.26. The monoisotopic (exact) mass is 334 g/mol. The third-order valence-electron chi connectivity index (χ3n) is 3.23. The van der Waals surface area contributed by atoms with Gasteiger partial charge < -0.3 is 10.1 Å². The molecule has 0 aliphatic heterocycles. The zero-order valence-corrected chi connectivity index (χ0v) is 14.5. The molecule has 7 heteroatoms. The van der Waals surface area contributed by atoms with Crippen molar-refractivity contribution in [2.45, 2.75) is 25.4 Å². The number of aromatic nitrogens is 3. The fourth-order valence-electron chi connectivity index (χ4n) is 2.13. The molecular formula is C16H22N4O2S. The topological polar surface area (TPSA) is 69.0 Å². The van der Waals surface area contributed by atoms with E-state index in [1.165, 1.54) is 17.3 Å². The minimum atomic E-state index is -0.0115. The summed E-state index contributed by atoms with van der Waals surface area (Å²) in [6.07, 6.45) is 0.811. The number of nitrogens with zero attached hydrogens (tertiary/aromatic N) is 3. The van der Waals surface area contributed by atoms with Crippen LogP contribution in [0.5, 0.6) is 0 Å². The van der Waals surface area contributed by atoms with Crippen molar-refractivity contribution in [3.05, 3.63) is 35.7 Å². The van der Waals surface area contributed by atoms with Gasteiger partial charge in [0.1, 0.15) is 5.82 Å². The molecule has 0 aliphatic rings. The van der Waals surface area contributed by atoms with Crippen LogP contribution in [0.2, 0.25) is 0 Å². The van der Waals surface area contributed by atoms with Crippen molar-refractivity contribution in [3.63, 3.8) is 0 Å². The summed E-state index contributed by atoms with van der Waals surface area (Å²) in [6.45, 7) is 5.22. The van der Waals surface area contributed by atoms with Crippen molar-refractivity contribution in [1.29, 1.82) is 0 Å². The van der Waals surface area contributed by atoms with E-state index in [9.17, 15) is 4.79 Å². The number of aryl methyl sites for hydroxylation is 2. The third-order valence-corrected chi connectivity index (χ3v) is 4.16. The standard InChI is InChI=1S/C16H22N4O2S/c1-12-6-4-7-14(10-12)20-13(2)18-19-16(20)23-11-15(21)17-8-5-9-22-3/h4,6-7,10H,5,8-9,11H2,1-3H3,(H,17,21). The van der Waals surface area contributed by atoms with Crippen LogP contribution >= 0.6 is 11.8 Å². The predicted octanol–water partition coefficient (Wildman–Crippen LogP) is 2.13. The van der Waals surface area contributed by atoms with Gasteiger partial charge in [-0.15, -0.1) is 10.2 Å². The summed E-state index contributed by atoms with van der Waals surface area (Å²) in [5.41, 5.74) is 2.18. The Bertz CT molecular complexity index is 657. The van der Waals surface area contributed by atoms with Gasteiger partial charge in [-0.05, 0) is 38.0 Å². The first-order chi connectivity index (χ1) is 11.1. The Kier molecular flexibility index (Phi) is 6.61. The van der Waals surface area contributed by atoms with Crippen LogP contribution in [-0.2, 0) is 9.53 Å². The number of amides is 1. The molecule has 0 unspecified atom stereocenters. The highest BCUT2D eigenvalue weighted by molar-refractivity contribution is 7.99. The van der Waals surface area contributed by atoms with E-state index in [1.54, 1.807) is 7.11 Å². The molecule has 6 nitrogen and oxygen atoms in total.